The molecule has 0 saturated carbocycles. The van der Waals surface area contributed by atoms with Crippen molar-refractivity contribution in [2.75, 3.05) is 18.0 Å². The minimum absolute atomic E-state index is 0.0356. The number of amides is 1. The molecule has 0 aliphatic carbocycles. The van der Waals surface area contributed by atoms with Crippen molar-refractivity contribution in [1.82, 2.24) is 25.1 Å². The Balaban J connectivity index is 1.33. The summed E-state index contributed by atoms with van der Waals surface area (Å²) in [5, 5.41) is 6.50. The number of hydrogen-bond donors (Lipinski definition) is 1. The van der Waals surface area contributed by atoms with Crippen molar-refractivity contribution in [3.05, 3.63) is 66.2 Å². The van der Waals surface area contributed by atoms with Crippen LogP contribution >= 0.6 is 0 Å². The largest absolute Gasteiger partial charge is 0.435 e. The lowest BCUT2D eigenvalue weighted by atomic mass is 9.97. The molecule has 1 fully saturated rings. The number of aromatic nitrogens is 4. The quantitative estimate of drug-likeness (QED) is 0.673. The van der Waals surface area contributed by atoms with Gasteiger partial charge in [-0.3, -0.25) is 4.79 Å². The van der Waals surface area contributed by atoms with E-state index < -0.39 is 11.9 Å². The van der Waals surface area contributed by atoms with Crippen molar-refractivity contribution >= 4 is 11.9 Å². The highest BCUT2D eigenvalue weighted by atomic mass is 19.4. The van der Waals surface area contributed by atoms with Crippen LogP contribution in [0.1, 0.15) is 24.1 Å². The van der Waals surface area contributed by atoms with Crippen molar-refractivity contribution in [3.8, 4) is 5.69 Å². The van der Waals surface area contributed by atoms with E-state index in [1.165, 1.54) is 10.9 Å². The van der Waals surface area contributed by atoms with Crippen molar-refractivity contribution < 1.29 is 18.0 Å². The fourth-order valence-electron chi connectivity index (χ4n) is 3.55. The van der Waals surface area contributed by atoms with Gasteiger partial charge in [0, 0.05) is 38.2 Å². The Morgan fingerprint density at radius 2 is 1.87 bits per heavy atom. The van der Waals surface area contributed by atoms with Crippen LogP contribution in [0.3, 0.4) is 0 Å². The lowest BCUT2D eigenvalue weighted by Gasteiger charge is -2.31. The second-order valence-electron chi connectivity index (χ2n) is 7.36. The van der Waals surface area contributed by atoms with Gasteiger partial charge in [0.25, 0.3) is 0 Å². The van der Waals surface area contributed by atoms with E-state index in [-0.39, 0.29) is 11.8 Å². The van der Waals surface area contributed by atoms with Gasteiger partial charge < -0.3 is 10.2 Å². The zero-order chi connectivity index (χ0) is 21.8. The number of hydrogen-bond acceptors (Lipinski definition) is 5. The van der Waals surface area contributed by atoms with Crippen molar-refractivity contribution in [1.29, 1.82) is 0 Å². The highest BCUT2D eigenvalue weighted by Gasteiger charge is 2.33. The van der Waals surface area contributed by atoms with Crippen LogP contribution in [-0.4, -0.2) is 38.7 Å². The first-order chi connectivity index (χ1) is 14.9. The van der Waals surface area contributed by atoms with Gasteiger partial charge in [0.2, 0.25) is 11.9 Å². The van der Waals surface area contributed by atoms with Crippen LogP contribution in [0, 0.1) is 5.92 Å². The van der Waals surface area contributed by atoms with E-state index in [9.17, 15) is 18.0 Å². The van der Waals surface area contributed by atoms with Gasteiger partial charge in [-0.1, -0.05) is 12.1 Å². The Morgan fingerprint density at radius 1 is 1.13 bits per heavy atom. The second kappa shape index (κ2) is 8.75. The van der Waals surface area contributed by atoms with E-state index in [1.54, 1.807) is 42.7 Å². The maximum Gasteiger partial charge on any atom is 0.435 e. The highest BCUT2D eigenvalue weighted by molar-refractivity contribution is 5.79. The smallest absolute Gasteiger partial charge is 0.352 e. The summed E-state index contributed by atoms with van der Waals surface area (Å²) in [5.74, 6) is 0.441. The molecule has 31 heavy (non-hydrogen) atoms. The van der Waals surface area contributed by atoms with E-state index >= 15 is 0 Å². The molecule has 10 heteroatoms. The van der Waals surface area contributed by atoms with Crippen LogP contribution in [0.15, 0.2) is 55.0 Å². The number of halogens is 3. The Morgan fingerprint density at radius 3 is 2.55 bits per heavy atom. The molecule has 1 N–H and O–H groups in total. The summed E-state index contributed by atoms with van der Waals surface area (Å²) >= 11 is 0. The molecule has 0 radical (unpaired) electrons. The fourth-order valence-corrected chi connectivity index (χ4v) is 3.55. The number of benzene rings is 1. The zero-order valence-electron chi connectivity index (χ0n) is 16.6. The molecule has 3 aromatic rings. The second-order valence-corrected chi connectivity index (χ2v) is 7.36. The lowest BCUT2D eigenvalue weighted by Crippen LogP contribution is -2.43. The molecule has 1 aliphatic rings. The molecule has 3 heterocycles. The van der Waals surface area contributed by atoms with Crippen LogP contribution in [0.4, 0.5) is 19.1 Å². The molecule has 7 nitrogen and oxygen atoms in total. The summed E-state index contributed by atoms with van der Waals surface area (Å²) in [6.07, 6.45) is 1.84. The summed E-state index contributed by atoms with van der Waals surface area (Å²) in [6.45, 7) is 1.72. The predicted molar refractivity (Wildman–Crippen MR) is 107 cm³/mol. The molecule has 2 aromatic heterocycles. The molecular weight excluding hydrogens is 409 g/mol. The Hall–Kier alpha value is -3.43. The minimum Gasteiger partial charge on any atom is -0.352 e. The Bertz CT molecular complexity index is 1020. The normalized spacial score (nSPS) is 16.9. The molecule has 1 amide bonds. The van der Waals surface area contributed by atoms with Gasteiger partial charge in [0.15, 0.2) is 5.69 Å². The summed E-state index contributed by atoms with van der Waals surface area (Å²) in [7, 11) is 0. The van der Waals surface area contributed by atoms with Gasteiger partial charge in [-0.2, -0.15) is 18.3 Å². The molecule has 1 aromatic carbocycles. The van der Waals surface area contributed by atoms with Gasteiger partial charge >= 0.3 is 6.18 Å². The summed E-state index contributed by atoms with van der Waals surface area (Å²) in [6, 6.07) is 9.55. The number of nitrogens with one attached hydrogen (secondary N) is 1. The maximum absolute atomic E-state index is 12.7. The molecule has 1 atom stereocenters. The minimum atomic E-state index is -4.48. The van der Waals surface area contributed by atoms with Crippen LogP contribution in [0.5, 0.6) is 0 Å². The van der Waals surface area contributed by atoms with E-state index in [1.807, 2.05) is 4.90 Å². The molecule has 4 rings (SSSR count). The third-order valence-electron chi connectivity index (χ3n) is 5.17. The topological polar surface area (TPSA) is 75.9 Å². The fraction of sp³-hybridized carbons (Fsp3) is 0.333. The van der Waals surface area contributed by atoms with E-state index in [4.69, 9.17) is 0 Å². The predicted octanol–water partition coefficient (Wildman–Crippen LogP) is 3.21. The number of nitrogens with zero attached hydrogens (tertiary/aromatic N) is 5. The van der Waals surface area contributed by atoms with Gasteiger partial charge in [0.1, 0.15) is 0 Å². The van der Waals surface area contributed by atoms with Gasteiger partial charge in [-0.25, -0.2) is 14.6 Å². The van der Waals surface area contributed by atoms with E-state index in [2.05, 4.69) is 20.4 Å². The third-order valence-corrected chi connectivity index (χ3v) is 5.17. The van der Waals surface area contributed by atoms with Gasteiger partial charge in [-0.05, 0) is 42.7 Å². The number of alkyl halides is 3. The van der Waals surface area contributed by atoms with E-state index in [0.29, 0.717) is 24.7 Å². The molecule has 1 saturated heterocycles. The standard InChI is InChI=1S/C21H21F3N6O/c22-21(23,24)18-8-12-30(28-18)17-6-4-15(5-7-17)13-27-19(31)16-3-1-11-29(14-16)20-25-9-2-10-26-20/h2,4-10,12,16H,1,3,11,13-14H2,(H,27,31). The first kappa shape index (κ1) is 20.8. The number of carbonyl (C=O) groups is 1. The zero-order valence-corrected chi connectivity index (χ0v) is 16.6. The van der Waals surface area contributed by atoms with Crippen LogP contribution in [-0.2, 0) is 17.5 Å². The summed E-state index contributed by atoms with van der Waals surface area (Å²) < 4.78 is 39.3. The monoisotopic (exact) mass is 430 g/mol. The molecule has 0 bridgehead atoms. The van der Waals surface area contributed by atoms with Crippen molar-refractivity contribution in [3.63, 3.8) is 0 Å². The number of carbonyl (C=O) groups excluding carboxylic acids is 1. The number of anilines is 1. The Kier molecular flexibility index (Phi) is 5.88. The SMILES string of the molecule is O=C(NCc1ccc(-n2ccc(C(F)(F)F)n2)cc1)C1CCCN(c2ncccn2)C1. The first-order valence-corrected chi connectivity index (χ1v) is 9.92. The van der Waals surface area contributed by atoms with Crippen LogP contribution in [0.25, 0.3) is 5.69 Å². The first-order valence-electron chi connectivity index (χ1n) is 9.92. The average Bonchev–Trinajstić information content (AvgIpc) is 3.30. The average molecular weight is 430 g/mol. The maximum atomic E-state index is 12.7. The van der Waals surface area contributed by atoms with Crippen molar-refractivity contribution in [2.24, 2.45) is 5.92 Å². The molecule has 162 valence electrons. The number of piperidine rings is 1. The molecule has 1 unspecified atom stereocenters. The van der Waals surface area contributed by atoms with Crippen LogP contribution < -0.4 is 10.2 Å². The molecular formula is C21H21F3N6O. The number of rotatable bonds is 5. The van der Waals surface area contributed by atoms with E-state index in [0.717, 1.165) is 31.0 Å². The Labute approximate surface area is 176 Å². The lowest BCUT2D eigenvalue weighted by molar-refractivity contribution is -0.141. The van der Waals surface area contributed by atoms with Crippen LogP contribution in [0.2, 0.25) is 0 Å². The highest BCUT2D eigenvalue weighted by Crippen LogP contribution is 2.28. The van der Waals surface area contributed by atoms with Gasteiger partial charge in [-0.15, -0.1) is 0 Å². The van der Waals surface area contributed by atoms with Crippen molar-refractivity contribution in [2.45, 2.75) is 25.6 Å². The molecule has 0 spiro atoms. The third kappa shape index (κ3) is 5.01. The summed E-state index contributed by atoms with van der Waals surface area (Å²) in [4.78, 5) is 23.2. The molecule has 1 aliphatic heterocycles. The van der Waals surface area contributed by atoms with Gasteiger partial charge in [0.05, 0.1) is 11.6 Å². The summed E-state index contributed by atoms with van der Waals surface area (Å²) in [5.41, 5.74) is 0.419.